The molecule has 1 saturated heterocycles. The number of rotatable bonds is 7. The third kappa shape index (κ3) is 5.29. The molecule has 1 aliphatic rings. The van der Waals surface area contributed by atoms with Crippen molar-refractivity contribution in [2.75, 3.05) is 40.8 Å². The smallest absolute Gasteiger partial charge is 0.251 e. The zero-order chi connectivity index (χ0) is 18.4. The number of likely N-dealkylation sites (N-methyl/N-ethyl adjacent to an activating group) is 1. The van der Waals surface area contributed by atoms with Gasteiger partial charge in [0.1, 0.15) is 0 Å². The van der Waals surface area contributed by atoms with Crippen LogP contribution in [0.15, 0.2) is 24.3 Å². The van der Waals surface area contributed by atoms with Gasteiger partial charge < -0.3 is 20.4 Å². The predicted molar refractivity (Wildman–Crippen MR) is 94.9 cm³/mol. The molecule has 0 aliphatic carbocycles. The SMILES string of the molecule is CNC(=O)c1cccc(CNC(=O)[C@H]2CC(=O)N(CCN(C)C)C2)c1. The quantitative estimate of drug-likeness (QED) is 0.732. The van der Waals surface area contributed by atoms with Crippen molar-refractivity contribution >= 4 is 17.7 Å². The number of hydrogen-bond donors (Lipinski definition) is 2. The second-order valence-corrected chi connectivity index (χ2v) is 6.54. The molecule has 2 rings (SSSR count). The topological polar surface area (TPSA) is 81.8 Å². The number of likely N-dealkylation sites (tertiary alicyclic amines) is 1. The van der Waals surface area contributed by atoms with E-state index in [2.05, 4.69) is 10.6 Å². The van der Waals surface area contributed by atoms with Gasteiger partial charge in [-0.3, -0.25) is 14.4 Å². The van der Waals surface area contributed by atoms with Crippen LogP contribution in [-0.4, -0.2) is 68.3 Å². The Balaban J connectivity index is 1.86. The highest BCUT2D eigenvalue weighted by molar-refractivity contribution is 5.94. The first-order chi connectivity index (χ1) is 11.9. The van der Waals surface area contributed by atoms with E-state index in [-0.39, 0.29) is 30.1 Å². The third-order valence-corrected chi connectivity index (χ3v) is 4.29. The zero-order valence-corrected chi connectivity index (χ0v) is 15.0. The molecule has 1 atom stereocenters. The zero-order valence-electron chi connectivity index (χ0n) is 15.0. The molecule has 136 valence electrons. The number of nitrogens with one attached hydrogen (secondary N) is 2. The summed E-state index contributed by atoms with van der Waals surface area (Å²) in [4.78, 5) is 39.8. The maximum absolute atomic E-state index is 12.3. The number of nitrogens with zero attached hydrogens (tertiary/aromatic N) is 2. The van der Waals surface area contributed by atoms with E-state index in [9.17, 15) is 14.4 Å². The van der Waals surface area contributed by atoms with E-state index in [0.717, 1.165) is 12.1 Å². The molecule has 1 fully saturated rings. The minimum absolute atomic E-state index is 0.0311. The van der Waals surface area contributed by atoms with Crippen molar-refractivity contribution in [3.05, 3.63) is 35.4 Å². The first kappa shape index (κ1) is 18.9. The molecule has 0 unspecified atom stereocenters. The van der Waals surface area contributed by atoms with Crippen molar-refractivity contribution < 1.29 is 14.4 Å². The van der Waals surface area contributed by atoms with E-state index in [4.69, 9.17) is 0 Å². The monoisotopic (exact) mass is 346 g/mol. The molecule has 0 bridgehead atoms. The number of amides is 3. The van der Waals surface area contributed by atoms with E-state index >= 15 is 0 Å². The van der Waals surface area contributed by atoms with E-state index in [1.54, 1.807) is 30.1 Å². The summed E-state index contributed by atoms with van der Waals surface area (Å²) in [5.41, 5.74) is 1.41. The summed E-state index contributed by atoms with van der Waals surface area (Å²) in [6, 6.07) is 7.12. The van der Waals surface area contributed by atoms with Crippen LogP contribution in [0.3, 0.4) is 0 Å². The van der Waals surface area contributed by atoms with Gasteiger partial charge in [-0.05, 0) is 31.8 Å². The van der Waals surface area contributed by atoms with Crippen LogP contribution in [0.1, 0.15) is 22.3 Å². The van der Waals surface area contributed by atoms with Gasteiger partial charge in [0.05, 0.1) is 5.92 Å². The molecular formula is C18H26N4O3. The van der Waals surface area contributed by atoms with Gasteiger partial charge in [0.15, 0.2) is 0 Å². The molecule has 1 aromatic carbocycles. The molecule has 7 nitrogen and oxygen atoms in total. The van der Waals surface area contributed by atoms with Crippen LogP contribution in [-0.2, 0) is 16.1 Å². The Hall–Kier alpha value is -2.41. The Morgan fingerprint density at radius 3 is 2.76 bits per heavy atom. The lowest BCUT2D eigenvalue weighted by atomic mass is 10.1. The van der Waals surface area contributed by atoms with Crippen LogP contribution in [0.4, 0.5) is 0 Å². The van der Waals surface area contributed by atoms with Gasteiger partial charge in [0.25, 0.3) is 5.91 Å². The van der Waals surface area contributed by atoms with Crippen LogP contribution < -0.4 is 10.6 Å². The van der Waals surface area contributed by atoms with Crippen molar-refractivity contribution in [3.8, 4) is 0 Å². The van der Waals surface area contributed by atoms with Gasteiger partial charge in [-0.2, -0.15) is 0 Å². The highest BCUT2D eigenvalue weighted by Crippen LogP contribution is 2.18. The summed E-state index contributed by atoms with van der Waals surface area (Å²) in [6.45, 7) is 2.24. The maximum atomic E-state index is 12.3. The Kier molecular flexibility index (Phi) is 6.52. The molecular weight excluding hydrogens is 320 g/mol. The van der Waals surface area contributed by atoms with Gasteiger partial charge in [0, 0.05) is 45.2 Å². The van der Waals surface area contributed by atoms with E-state index < -0.39 is 0 Å². The molecule has 3 amide bonds. The summed E-state index contributed by atoms with van der Waals surface area (Å²) in [7, 11) is 5.49. The molecule has 2 N–H and O–H groups in total. The lowest BCUT2D eigenvalue weighted by Gasteiger charge is -2.19. The summed E-state index contributed by atoms with van der Waals surface area (Å²) < 4.78 is 0. The van der Waals surface area contributed by atoms with E-state index in [0.29, 0.717) is 25.2 Å². The highest BCUT2D eigenvalue weighted by atomic mass is 16.2. The van der Waals surface area contributed by atoms with Gasteiger partial charge in [-0.15, -0.1) is 0 Å². The number of benzene rings is 1. The molecule has 7 heteroatoms. The summed E-state index contributed by atoms with van der Waals surface area (Å²) >= 11 is 0. The summed E-state index contributed by atoms with van der Waals surface area (Å²) in [5, 5.41) is 5.45. The van der Waals surface area contributed by atoms with Gasteiger partial charge >= 0.3 is 0 Å². The summed E-state index contributed by atoms with van der Waals surface area (Å²) in [6.07, 6.45) is 0.261. The minimum atomic E-state index is -0.309. The molecule has 1 aliphatic heterocycles. The second-order valence-electron chi connectivity index (χ2n) is 6.54. The van der Waals surface area contributed by atoms with Crippen molar-refractivity contribution in [2.24, 2.45) is 5.92 Å². The Morgan fingerprint density at radius 2 is 2.08 bits per heavy atom. The van der Waals surface area contributed by atoms with Crippen molar-refractivity contribution in [2.45, 2.75) is 13.0 Å². The number of hydrogen-bond acceptors (Lipinski definition) is 4. The first-order valence-electron chi connectivity index (χ1n) is 8.42. The van der Waals surface area contributed by atoms with E-state index in [1.165, 1.54) is 0 Å². The number of carbonyl (C=O) groups excluding carboxylic acids is 3. The first-order valence-corrected chi connectivity index (χ1v) is 8.42. The van der Waals surface area contributed by atoms with Crippen LogP contribution in [0.25, 0.3) is 0 Å². The molecule has 1 heterocycles. The maximum Gasteiger partial charge on any atom is 0.251 e. The predicted octanol–water partition coefficient (Wildman–Crippen LogP) is 0.0725. The Bertz CT molecular complexity index is 645. The van der Waals surface area contributed by atoms with Gasteiger partial charge in [0.2, 0.25) is 11.8 Å². The van der Waals surface area contributed by atoms with Crippen LogP contribution >= 0.6 is 0 Å². The fourth-order valence-corrected chi connectivity index (χ4v) is 2.78. The lowest BCUT2D eigenvalue weighted by Crippen LogP contribution is -2.35. The Labute approximate surface area is 148 Å². The van der Waals surface area contributed by atoms with Crippen LogP contribution in [0.2, 0.25) is 0 Å². The molecule has 25 heavy (non-hydrogen) atoms. The fraction of sp³-hybridized carbons (Fsp3) is 0.500. The molecule has 0 aromatic heterocycles. The molecule has 0 saturated carbocycles. The van der Waals surface area contributed by atoms with Crippen molar-refractivity contribution in [3.63, 3.8) is 0 Å². The largest absolute Gasteiger partial charge is 0.355 e. The normalized spacial score (nSPS) is 17.0. The average molecular weight is 346 g/mol. The third-order valence-electron chi connectivity index (χ3n) is 4.29. The second kappa shape index (κ2) is 8.62. The summed E-state index contributed by atoms with van der Waals surface area (Å²) in [5.74, 6) is -0.558. The van der Waals surface area contributed by atoms with Crippen LogP contribution in [0, 0.1) is 5.92 Å². The van der Waals surface area contributed by atoms with Crippen molar-refractivity contribution in [1.29, 1.82) is 0 Å². The van der Waals surface area contributed by atoms with Gasteiger partial charge in [-0.1, -0.05) is 12.1 Å². The molecule has 0 spiro atoms. The van der Waals surface area contributed by atoms with E-state index in [1.807, 2.05) is 25.1 Å². The van der Waals surface area contributed by atoms with Crippen molar-refractivity contribution in [1.82, 2.24) is 20.4 Å². The standard InChI is InChI=1S/C18H26N4O3/c1-19-17(24)14-6-4-5-13(9-14)11-20-18(25)15-10-16(23)22(12-15)8-7-21(2)3/h4-6,9,15H,7-8,10-12H2,1-3H3,(H,19,24)(H,20,25)/t15-/m0/s1. The van der Waals surface area contributed by atoms with Gasteiger partial charge in [-0.25, -0.2) is 0 Å². The Morgan fingerprint density at radius 1 is 1.32 bits per heavy atom. The lowest BCUT2D eigenvalue weighted by molar-refractivity contribution is -0.129. The number of carbonyl (C=O) groups is 3. The molecule has 1 aromatic rings. The average Bonchev–Trinajstić information content (AvgIpc) is 2.98. The molecule has 0 radical (unpaired) electrons. The minimum Gasteiger partial charge on any atom is -0.355 e. The van der Waals surface area contributed by atoms with Crippen LogP contribution in [0.5, 0.6) is 0 Å². The fourth-order valence-electron chi connectivity index (χ4n) is 2.78. The highest BCUT2D eigenvalue weighted by Gasteiger charge is 2.33.